The molecule has 0 bridgehead atoms. The van der Waals surface area contributed by atoms with Crippen LogP contribution in [0.5, 0.6) is 0 Å². The second-order valence-corrected chi connectivity index (χ2v) is 9.75. The maximum Gasteiger partial charge on any atom is 0.335 e. The minimum atomic E-state index is -1.11. The summed E-state index contributed by atoms with van der Waals surface area (Å²) in [6.07, 6.45) is 0.944. The number of carbonyl (C=O) groups is 4. The van der Waals surface area contributed by atoms with Crippen LogP contribution in [0.25, 0.3) is 11.0 Å². The van der Waals surface area contributed by atoms with Gasteiger partial charge in [-0.1, -0.05) is 11.2 Å². The van der Waals surface area contributed by atoms with E-state index in [9.17, 15) is 19.2 Å². The van der Waals surface area contributed by atoms with E-state index in [2.05, 4.69) is 20.3 Å². The van der Waals surface area contributed by atoms with E-state index in [1.807, 2.05) is 17.7 Å². The standard InChI is InChI=1S/C31H33N7O7/c1-3-44-28(41)15-17-38(25-6-4-5-16-33-25)31(43)21-9-12-24-23(18-21)35-26(37(24)2)19-34-22-10-7-20(8-11-22)30(32)36-45-29(42)14-13-27(39)40/h4-12,16,18,34H,3,13-15,17,19H2,1-2H3,(H2,32,36)(H,39,40). The van der Waals surface area contributed by atoms with Gasteiger partial charge in [-0.25, -0.2) is 14.8 Å². The number of aromatic nitrogens is 3. The Balaban J connectivity index is 1.43. The van der Waals surface area contributed by atoms with Gasteiger partial charge in [0.15, 0.2) is 5.84 Å². The fourth-order valence-electron chi connectivity index (χ4n) is 4.31. The highest BCUT2D eigenvalue weighted by atomic mass is 16.7. The molecule has 2 heterocycles. The molecule has 0 radical (unpaired) electrons. The molecule has 0 saturated carbocycles. The van der Waals surface area contributed by atoms with Crippen molar-refractivity contribution < 1.29 is 33.9 Å². The lowest BCUT2D eigenvalue weighted by Gasteiger charge is -2.21. The molecule has 4 N–H and O–H groups in total. The number of esters is 1. The maximum atomic E-state index is 13.6. The zero-order valence-electron chi connectivity index (χ0n) is 24.8. The topological polar surface area (TPSA) is 191 Å². The van der Waals surface area contributed by atoms with Crippen molar-refractivity contribution in [1.29, 1.82) is 0 Å². The van der Waals surface area contributed by atoms with E-state index in [1.54, 1.807) is 67.7 Å². The largest absolute Gasteiger partial charge is 0.481 e. The number of nitrogens with zero attached hydrogens (tertiary/aromatic N) is 5. The lowest BCUT2D eigenvalue weighted by Crippen LogP contribution is -2.34. The number of pyridine rings is 1. The Morgan fingerprint density at radius 1 is 1.00 bits per heavy atom. The second-order valence-electron chi connectivity index (χ2n) is 9.75. The monoisotopic (exact) mass is 615 g/mol. The number of hydrogen-bond donors (Lipinski definition) is 3. The number of nitrogens with one attached hydrogen (secondary N) is 1. The molecule has 0 aliphatic carbocycles. The third-order valence-electron chi connectivity index (χ3n) is 6.66. The molecule has 4 aromatic rings. The van der Waals surface area contributed by atoms with Crippen molar-refractivity contribution in [2.75, 3.05) is 23.4 Å². The number of fused-ring (bicyclic) bond motifs is 1. The number of imidazole rings is 1. The Morgan fingerprint density at radius 2 is 1.76 bits per heavy atom. The number of ether oxygens (including phenoxy) is 1. The van der Waals surface area contributed by atoms with Crippen molar-refractivity contribution in [1.82, 2.24) is 14.5 Å². The number of amides is 1. The molecule has 0 saturated heterocycles. The van der Waals surface area contributed by atoms with Crippen molar-refractivity contribution in [3.05, 3.63) is 83.8 Å². The lowest BCUT2D eigenvalue weighted by molar-refractivity contribution is -0.147. The summed E-state index contributed by atoms with van der Waals surface area (Å²) in [4.78, 5) is 62.9. The van der Waals surface area contributed by atoms with Gasteiger partial charge in [-0.2, -0.15) is 0 Å². The number of oxime groups is 1. The molecule has 0 unspecified atom stereocenters. The summed E-state index contributed by atoms with van der Waals surface area (Å²) in [6.45, 7) is 2.47. The number of carboxylic acids is 1. The van der Waals surface area contributed by atoms with Crippen molar-refractivity contribution in [3.63, 3.8) is 0 Å². The molecule has 2 aromatic carbocycles. The summed E-state index contributed by atoms with van der Waals surface area (Å²) in [6, 6.07) is 17.4. The number of carbonyl (C=O) groups excluding carboxylic acids is 3. The minimum Gasteiger partial charge on any atom is -0.481 e. The van der Waals surface area contributed by atoms with Crippen LogP contribution in [0.2, 0.25) is 0 Å². The Labute approximate surface area is 258 Å². The van der Waals surface area contributed by atoms with Gasteiger partial charge in [0.1, 0.15) is 11.6 Å². The van der Waals surface area contributed by atoms with Gasteiger partial charge in [0.25, 0.3) is 5.91 Å². The van der Waals surface area contributed by atoms with E-state index in [4.69, 9.17) is 20.6 Å². The third-order valence-corrected chi connectivity index (χ3v) is 6.66. The molecular formula is C31H33N7O7. The number of rotatable bonds is 14. The van der Waals surface area contributed by atoms with Crippen molar-refractivity contribution in [3.8, 4) is 0 Å². The van der Waals surface area contributed by atoms with Crippen LogP contribution in [0.1, 0.15) is 47.9 Å². The molecule has 45 heavy (non-hydrogen) atoms. The highest BCUT2D eigenvalue weighted by Gasteiger charge is 2.21. The normalized spacial score (nSPS) is 11.2. The van der Waals surface area contributed by atoms with Gasteiger partial charge in [-0.15, -0.1) is 0 Å². The molecule has 4 rings (SSSR count). The highest BCUT2D eigenvalue weighted by molar-refractivity contribution is 6.07. The Bertz CT molecular complexity index is 1700. The molecule has 0 aliphatic rings. The number of nitrogens with two attached hydrogens (primary N) is 1. The zero-order valence-corrected chi connectivity index (χ0v) is 24.8. The van der Waals surface area contributed by atoms with Crippen molar-refractivity contribution in [2.24, 2.45) is 17.9 Å². The molecule has 0 fully saturated rings. The van der Waals surface area contributed by atoms with Crippen LogP contribution in [-0.4, -0.2) is 62.4 Å². The zero-order chi connectivity index (χ0) is 32.3. The SMILES string of the molecule is CCOC(=O)CCN(C(=O)c1ccc2c(c1)nc(CNc1ccc(/C(N)=N/OC(=O)CCC(=O)O)cc1)n2C)c1ccccn1. The summed E-state index contributed by atoms with van der Waals surface area (Å²) in [5, 5.41) is 15.5. The summed E-state index contributed by atoms with van der Waals surface area (Å²) < 4.78 is 6.95. The molecule has 14 nitrogen and oxygen atoms in total. The van der Waals surface area contributed by atoms with Crippen LogP contribution in [0.15, 0.2) is 72.0 Å². The fraction of sp³-hybridized carbons (Fsp3) is 0.258. The minimum absolute atomic E-state index is 0.0280. The lowest BCUT2D eigenvalue weighted by atomic mass is 10.1. The average molecular weight is 616 g/mol. The highest BCUT2D eigenvalue weighted by Crippen LogP contribution is 2.21. The van der Waals surface area contributed by atoms with Crippen LogP contribution in [-0.2, 0) is 37.6 Å². The van der Waals surface area contributed by atoms with Gasteiger partial charge in [0.05, 0.1) is 43.4 Å². The van der Waals surface area contributed by atoms with Gasteiger partial charge in [-0.05, 0) is 61.5 Å². The van der Waals surface area contributed by atoms with Crippen LogP contribution in [0.4, 0.5) is 11.5 Å². The van der Waals surface area contributed by atoms with Gasteiger partial charge in [-0.3, -0.25) is 19.3 Å². The molecular weight excluding hydrogens is 582 g/mol. The number of carboxylic acid groups (broad SMARTS) is 1. The molecule has 2 aromatic heterocycles. The predicted octanol–water partition coefficient (Wildman–Crippen LogP) is 3.21. The Kier molecular flexibility index (Phi) is 10.8. The number of aryl methyl sites for hydroxylation is 1. The van der Waals surface area contributed by atoms with Gasteiger partial charge in [0, 0.05) is 36.6 Å². The van der Waals surface area contributed by atoms with E-state index in [0.29, 0.717) is 29.0 Å². The number of benzene rings is 2. The maximum absolute atomic E-state index is 13.6. The quantitative estimate of drug-likeness (QED) is 0.0620. The molecule has 1 amide bonds. The van der Waals surface area contributed by atoms with Crippen LogP contribution < -0.4 is 16.0 Å². The molecule has 0 atom stereocenters. The summed E-state index contributed by atoms with van der Waals surface area (Å²) in [5.74, 6) is -1.51. The van der Waals surface area contributed by atoms with E-state index >= 15 is 0 Å². The Hall–Kier alpha value is -5.79. The van der Waals surface area contributed by atoms with Crippen LogP contribution in [0.3, 0.4) is 0 Å². The van der Waals surface area contributed by atoms with E-state index < -0.39 is 17.9 Å². The molecule has 234 valence electrons. The first-order valence-electron chi connectivity index (χ1n) is 14.1. The molecule has 0 spiro atoms. The molecule has 14 heteroatoms. The van der Waals surface area contributed by atoms with Crippen molar-refractivity contribution >= 4 is 52.2 Å². The van der Waals surface area contributed by atoms with E-state index in [1.165, 1.54) is 4.90 Å². The van der Waals surface area contributed by atoms with Gasteiger partial charge in [0.2, 0.25) is 0 Å². The van der Waals surface area contributed by atoms with E-state index in [0.717, 1.165) is 17.0 Å². The molecule has 0 aliphatic heterocycles. The first-order valence-corrected chi connectivity index (χ1v) is 14.1. The fourth-order valence-corrected chi connectivity index (χ4v) is 4.31. The number of anilines is 2. The van der Waals surface area contributed by atoms with E-state index in [-0.39, 0.29) is 44.2 Å². The number of hydrogen-bond acceptors (Lipinski definition) is 10. The average Bonchev–Trinajstić information content (AvgIpc) is 3.36. The summed E-state index contributed by atoms with van der Waals surface area (Å²) in [7, 11) is 1.88. The predicted molar refractivity (Wildman–Crippen MR) is 165 cm³/mol. The number of aliphatic carboxylic acids is 1. The summed E-state index contributed by atoms with van der Waals surface area (Å²) >= 11 is 0. The van der Waals surface area contributed by atoms with Crippen molar-refractivity contribution in [2.45, 2.75) is 32.7 Å². The first-order chi connectivity index (χ1) is 21.7. The van der Waals surface area contributed by atoms with Crippen LogP contribution in [0, 0.1) is 0 Å². The second kappa shape index (κ2) is 15.1. The third kappa shape index (κ3) is 8.63. The van der Waals surface area contributed by atoms with Gasteiger partial charge < -0.3 is 30.3 Å². The first kappa shape index (κ1) is 32.1. The van der Waals surface area contributed by atoms with Crippen LogP contribution >= 0.6 is 0 Å². The van der Waals surface area contributed by atoms with Gasteiger partial charge >= 0.3 is 17.9 Å². The smallest absolute Gasteiger partial charge is 0.335 e. The Morgan fingerprint density at radius 3 is 2.44 bits per heavy atom. The number of amidine groups is 1. The summed E-state index contributed by atoms with van der Waals surface area (Å²) in [5.41, 5.74) is 9.01.